The molecule has 0 atom stereocenters. The van der Waals surface area contributed by atoms with Crippen LogP contribution in [0.1, 0.15) is 34.1 Å². The van der Waals surface area contributed by atoms with Gasteiger partial charge in [-0.2, -0.15) is 5.10 Å². The highest BCUT2D eigenvalue weighted by molar-refractivity contribution is 5.93. The first-order chi connectivity index (χ1) is 9.69. The SMILES string of the molecule is CCc1ccc(C(=O)N/N=C/c2ccc(C)cc2)nc1. The molecule has 0 radical (unpaired) electrons. The summed E-state index contributed by atoms with van der Waals surface area (Å²) in [7, 11) is 0. The molecule has 0 saturated carbocycles. The van der Waals surface area contributed by atoms with Gasteiger partial charge in [0.15, 0.2) is 0 Å². The second kappa shape index (κ2) is 6.61. The van der Waals surface area contributed by atoms with Gasteiger partial charge in [0.05, 0.1) is 6.21 Å². The van der Waals surface area contributed by atoms with Gasteiger partial charge in [0.1, 0.15) is 5.69 Å². The van der Waals surface area contributed by atoms with Gasteiger partial charge < -0.3 is 0 Å². The third-order valence-corrected chi connectivity index (χ3v) is 2.92. The zero-order valence-electron chi connectivity index (χ0n) is 11.6. The normalized spacial score (nSPS) is 10.7. The summed E-state index contributed by atoms with van der Waals surface area (Å²) in [5.41, 5.74) is 6.06. The van der Waals surface area contributed by atoms with E-state index in [2.05, 4.69) is 15.5 Å². The number of pyridine rings is 1. The highest BCUT2D eigenvalue weighted by atomic mass is 16.2. The summed E-state index contributed by atoms with van der Waals surface area (Å²) in [5, 5.41) is 3.93. The largest absolute Gasteiger partial charge is 0.289 e. The van der Waals surface area contributed by atoms with E-state index in [-0.39, 0.29) is 5.91 Å². The van der Waals surface area contributed by atoms with Gasteiger partial charge in [-0.3, -0.25) is 9.78 Å². The Morgan fingerprint density at radius 3 is 2.60 bits per heavy atom. The van der Waals surface area contributed by atoms with E-state index in [1.54, 1.807) is 18.5 Å². The fourth-order valence-corrected chi connectivity index (χ4v) is 1.64. The molecule has 4 heteroatoms. The highest BCUT2D eigenvalue weighted by Crippen LogP contribution is 2.02. The summed E-state index contributed by atoms with van der Waals surface area (Å²) in [4.78, 5) is 15.9. The van der Waals surface area contributed by atoms with Crippen molar-refractivity contribution in [2.75, 3.05) is 0 Å². The summed E-state index contributed by atoms with van der Waals surface area (Å²) in [5.74, 6) is -0.309. The molecule has 0 unspecified atom stereocenters. The molecule has 0 aliphatic heterocycles. The Morgan fingerprint density at radius 2 is 2.00 bits per heavy atom. The van der Waals surface area contributed by atoms with E-state index in [4.69, 9.17) is 0 Å². The monoisotopic (exact) mass is 267 g/mol. The molecule has 1 heterocycles. The Bertz CT molecular complexity index is 601. The maximum atomic E-state index is 11.8. The number of carbonyl (C=O) groups excluding carboxylic acids is 1. The summed E-state index contributed by atoms with van der Waals surface area (Å²) >= 11 is 0. The van der Waals surface area contributed by atoms with Crippen LogP contribution in [0, 0.1) is 6.92 Å². The molecule has 2 rings (SSSR count). The van der Waals surface area contributed by atoms with Crippen molar-refractivity contribution in [2.24, 2.45) is 5.10 Å². The average Bonchev–Trinajstić information content (AvgIpc) is 2.49. The Morgan fingerprint density at radius 1 is 1.25 bits per heavy atom. The lowest BCUT2D eigenvalue weighted by molar-refractivity contribution is 0.0950. The Kier molecular flexibility index (Phi) is 4.60. The molecule has 2 aromatic rings. The molecule has 0 aliphatic carbocycles. The van der Waals surface area contributed by atoms with Crippen LogP contribution in [-0.4, -0.2) is 17.1 Å². The van der Waals surface area contributed by atoms with Gasteiger partial charge in [0.2, 0.25) is 0 Å². The van der Waals surface area contributed by atoms with Crippen LogP contribution < -0.4 is 5.43 Å². The topological polar surface area (TPSA) is 54.4 Å². The number of aryl methyl sites for hydroxylation is 2. The Balaban J connectivity index is 1.95. The van der Waals surface area contributed by atoms with Gasteiger partial charge in [-0.05, 0) is 30.5 Å². The molecule has 4 nitrogen and oxygen atoms in total. The van der Waals surface area contributed by atoms with E-state index in [0.29, 0.717) is 5.69 Å². The van der Waals surface area contributed by atoms with Crippen LogP contribution in [0.4, 0.5) is 0 Å². The van der Waals surface area contributed by atoms with Crippen molar-refractivity contribution < 1.29 is 4.79 Å². The predicted octanol–water partition coefficient (Wildman–Crippen LogP) is 2.72. The van der Waals surface area contributed by atoms with Gasteiger partial charge >= 0.3 is 0 Å². The van der Waals surface area contributed by atoms with Crippen molar-refractivity contribution in [1.29, 1.82) is 0 Å². The van der Waals surface area contributed by atoms with Crippen LogP contribution in [0.3, 0.4) is 0 Å². The van der Waals surface area contributed by atoms with Crippen LogP contribution in [0.15, 0.2) is 47.7 Å². The molecule has 1 N–H and O–H groups in total. The maximum Gasteiger partial charge on any atom is 0.289 e. The van der Waals surface area contributed by atoms with Gasteiger partial charge in [-0.15, -0.1) is 0 Å². The van der Waals surface area contributed by atoms with Crippen molar-refractivity contribution >= 4 is 12.1 Å². The lowest BCUT2D eigenvalue weighted by Crippen LogP contribution is -2.18. The number of nitrogens with one attached hydrogen (secondary N) is 1. The highest BCUT2D eigenvalue weighted by Gasteiger charge is 2.04. The molecule has 0 saturated heterocycles. The zero-order chi connectivity index (χ0) is 14.4. The predicted molar refractivity (Wildman–Crippen MR) is 79.9 cm³/mol. The summed E-state index contributed by atoms with van der Waals surface area (Å²) in [6.45, 7) is 4.07. The molecule has 0 fully saturated rings. The molecule has 0 bridgehead atoms. The summed E-state index contributed by atoms with van der Waals surface area (Å²) < 4.78 is 0. The number of amides is 1. The molecule has 0 spiro atoms. The number of carbonyl (C=O) groups is 1. The number of benzene rings is 1. The molecular weight excluding hydrogens is 250 g/mol. The number of aromatic nitrogens is 1. The molecular formula is C16H17N3O. The standard InChI is InChI=1S/C16H17N3O/c1-3-13-8-9-15(17-10-13)16(20)19-18-11-14-6-4-12(2)5-7-14/h4-11H,3H2,1-2H3,(H,19,20)/b18-11+. The third kappa shape index (κ3) is 3.75. The van der Waals surface area contributed by atoms with Crippen LogP contribution in [0.5, 0.6) is 0 Å². The zero-order valence-corrected chi connectivity index (χ0v) is 11.6. The minimum Gasteiger partial charge on any atom is -0.266 e. The fourth-order valence-electron chi connectivity index (χ4n) is 1.64. The second-order valence-corrected chi connectivity index (χ2v) is 4.52. The molecule has 1 amide bonds. The summed E-state index contributed by atoms with van der Waals surface area (Å²) in [6, 6.07) is 11.5. The van der Waals surface area contributed by atoms with Gasteiger partial charge in [-0.1, -0.05) is 42.8 Å². The number of hydrazone groups is 1. The van der Waals surface area contributed by atoms with Crippen molar-refractivity contribution in [3.63, 3.8) is 0 Å². The van der Waals surface area contributed by atoms with Crippen molar-refractivity contribution in [1.82, 2.24) is 10.4 Å². The van der Waals surface area contributed by atoms with E-state index in [9.17, 15) is 4.79 Å². The van der Waals surface area contributed by atoms with Crippen LogP contribution in [0.25, 0.3) is 0 Å². The number of hydrogen-bond donors (Lipinski definition) is 1. The van der Waals surface area contributed by atoms with Crippen molar-refractivity contribution in [2.45, 2.75) is 20.3 Å². The number of nitrogens with zero attached hydrogens (tertiary/aromatic N) is 2. The van der Waals surface area contributed by atoms with Crippen LogP contribution in [-0.2, 0) is 6.42 Å². The fraction of sp³-hybridized carbons (Fsp3) is 0.188. The van der Waals surface area contributed by atoms with E-state index < -0.39 is 0 Å². The number of rotatable bonds is 4. The Labute approximate surface area is 118 Å². The first-order valence-corrected chi connectivity index (χ1v) is 6.54. The van der Waals surface area contributed by atoms with E-state index in [1.165, 1.54) is 5.56 Å². The number of hydrogen-bond acceptors (Lipinski definition) is 3. The van der Waals surface area contributed by atoms with Gasteiger partial charge in [-0.25, -0.2) is 5.43 Å². The Hall–Kier alpha value is -2.49. The quantitative estimate of drug-likeness (QED) is 0.684. The van der Waals surface area contributed by atoms with Crippen molar-refractivity contribution in [3.05, 3.63) is 65.0 Å². The molecule has 20 heavy (non-hydrogen) atoms. The van der Waals surface area contributed by atoms with Crippen LogP contribution >= 0.6 is 0 Å². The van der Waals surface area contributed by atoms with E-state index >= 15 is 0 Å². The first-order valence-electron chi connectivity index (χ1n) is 6.54. The third-order valence-electron chi connectivity index (χ3n) is 2.92. The minimum atomic E-state index is -0.309. The second-order valence-electron chi connectivity index (χ2n) is 4.52. The minimum absolute atomic E-state index is 0.309. The molecule has 102 valence electrons. The van der Waals surface area contributed by atoms with Crippen LogP contribution in [0.2, 0.25) is 0 Å². The lowest BCUT2D eigenvalue weighted by atomic mass is 10.2. The van der Waals surface area contributed by atoms with E-state index in [1.807, 2.05) is 44.2 Å². The maximum absolute atomic E-state index is 11.8. The smallest absolute Gasteiger partial charge is 0.266 e. The van der Waals surface area contributed by atoms with E-state index in [0.717, 1.165) is 17.5 Å². The van der Waals surface area contributed by atoms with Crippen molar-refractivity contribution in [3.8, 4) is 0 Å². The average molecular weight is 267 g/mol. The molecule has 1 aromatic carbocycles. The summed E-state index contributed by atoms with van der Waals surface area (Å²) in [6.07, 6.45) is 4.22. The first kappa shape index (κ1) is 13.9. The molecule has 1 aromatic heterocycles. The lowest BCUT2D eigenvalue weighted by Gasteiger charge is -2.00. The van der Waals surface area contributed by atoms with Gasteiger partial charge in [0, 0.05) is 6.20 Å². The van der Waals surface area contributed by atoms with Gasteiger partial charge in [0.25, 0.3) is 5.91 Å². The molecule has 0 aliphatic rings.